The lowest BCUT2D eigenvalue weighted by Crippen LogP contribution is -2.30. The molecule has 25 heavy (non-hydrogen) atoms. The van der Waals surface area contributed by atoms with Crippen LogP contribution in [0.25, 0.3) is 0 Å². The minimum atomic E-state index is -0.601. The van der Waals surface area contributed by atoms with E-state index in [9.17, 15) is 24.1 Å². The normalized spacial score (nSPS) is 15.6. The fraction of sp³-hybridized carbons (Fsp3) is 0.267. The molecule has 1 unspecified atom stereocenters. The van der Waals surface area contributed by atoms with Gasteiger partial charge in [-0.1, -0.05) is 0 Å². The molecule has 1 aromatic carbocycles. The largest absolute Gasteiger partial charge is 0.354 e. The van der Waals surface area contributed by atoms with Crippen LogP contribution in [0.15, 0.2) is 30.6 Å². The monoisotopic (exact) mass is 347 g/mol. The van der Waals surface area contributed by atoms with Crippen LogP contribution in [0.3, 0.4) is 0 Å². The lowest BCUT2D eigenvalue weighted by Gasteiger charge is -2.10. The van der Waals surface area contributed by atoms with Crippen LogP contribution < -0.4 is 10.6 Å². The Bertz CT molecular complexity index is 850. The third-order valence-corrected chi connectivity index (χ3v) is 3.85. The van der Waals surface area contributed by atoms with Crippen molar-refractivity contribution in [2.24, 2.45) is 0 Å². The summed E-state index contributed by atoms with van der Waals surface area (Å²) in [5.74, 6) is -1.59. The van der Waals surface area contributed by atoms with Crippen LogP contribution in [0.5, 0.6) is 0 Å². The number of halogens is 1. The van der Waals surface area contributed by atoms with Gasteiger partial charge in [0.15, 0.2) is 0 Å². The second kappa shape index (κ2) is 6.67. The van der Waals surface area contributed by atoms with Crippen molar-refractivity contribution in [1.82, 2.24) is 15.1 Å². The smallest absolute Gasteiger partial charge is 0.307 e. The van der Waals surface area contributed by atoms with E-state index < -0.39 is 22.6 Å². The molecule has 2 aromatic rings. The van der Waals surface area contributed by atoms with E-state index in [-0.39, 0.29) is 24.7 Å². The summed E-state index contributed by atoms with van der Waals surface area (Å²) in [5, 5.41) is 19.6. The molecule has 2 heterocycles. The Balaban J connectivity index is 1.53. The maximum Gasteiger partial charge on any atom is 0.307 e. The molecule has 0 saturated carbocycles. The molecule has 1 aromatic heterocycles. The molecule has 0 spiro atoms. The highest BCUT2D eigenvalue weighted by Gasteiger charge is 2.30. The molecule has 0 bridgehead atoms. The summed E-state index contributed by atoms with van der Waals surface area (Å²) < 4.78 is 14.5. The third kappa shape index (κ3) is 3.62. The van der Waals surface area contributed by atoms with Crippen LogP contribution in [0, 0.1) is 15.9 Å². The molecule has 2 N–H and O–H groups in total. The molecule has 0 fully saturated rings. The average molecular weight is 347 g/mol. The van der Waals surface area contributed by atoms with Crippen molar-refractivity contribution < 1.29 is 18.9 Å². The lowest BCUT2D eigenvalue weighted by atomic mass is 9.97. The number of fused-ring (bicyclic) bond motifs is 1. The van der Waals surface area contributed by atoms with E-state index in [0.717, 1.165) is 17.1 Å². The maximum absolute atomic E-state index is 13.3. The Labute approximate surface area is 141 Å². The van der Waals surface area contributed by atoms with E-state index in [4.69, 9.17) is 0 Å². The Morgan fingerprint density at radius 1 is 1.48 bits per heavy atom. The predicted octanol–water partition coefficient (Wildman–Crippen LogP) is 1.17. The fourth-order valence-electron chi connectivity index (χ4n) is 2.68. The molecular weight excluding hydrogens is 333 g/mol. The molecule has 0 aliphatic carbocycles. The predicted molar refractivity (Wildman–Crippen MR) is 84.3 cm³/mol. The van der Waals surface area contributed by atoms with Gasteiger partial charge in [0.1, 0.15) is 24.8 Å². The van der Waals surface area contributed by atoms with E-state index in [0.29, 0.717) is 17.7 Å². The number of nitro groups is 1. The van der Waals surface area contributed by atoms with Crippen LogP contribution >= 0.6 is 0 Å². The first kappa shape index (κ1) is 16.6. The van der Waals surface area contributed by atoms with E-state index in [1.165, 1.54) is 18.2 Å². The standard InChI is InChI=1S/C15H14FN5O4/c16-9-1-2-13-12(5-9)11(15(23)19-13)3-4-17-14(22)8-20-7-10(6-18-20)21(24)25/h1-2,5-7,11H,3-4,8H2,(H,17,22)(H,19,23). The first-order valence-electron chi connectivity index (χ1n) is 7.48. The van der Waals surface area contributed by atoms with Gasteiger partial charge in [-0.15, -0.1) is 0 Å². The molecule has 1 atom stereocenters. The topological polar surface area (TPSA) is 119 Å². The van der Waals surface area contributed by atoms with Gasteiger partial charge in [-0.25, -0.2) is 4.39 Å². The Morgan fingerprint density at radius 3 is 3.00 bits per heavy atom. The second-order valence-corrected chi connectivity index (χ2v) is 5.57. The van der Waals surface area contributed by atoms with Crippen molar-refractivity contribution in [3.63, 3.8) is 0 Å². The summed E-state index contributed by atoms with van der Waals surface area (Å²) in [6, 6.07) is 4.08. The van der Waals surface area contributed by atoms with Gasteiger partial charge >= 0.3 is 5.69 Å². The highest BCUT2D eigenvalue weighted by molar-refractivity contribution is 6.02. The van der Waals surface area contributed by atoms with Crippen LogP contribution in [-0.4, -0.2) is 33.1 Å². The average Bonchev–Trinajstić information content (AvgIpc) is 3.13. The van der Waals surface area contributed by atoms with Crippen LogP contribution in [0.1, 0.15) is 17.9 Å². The Morgan fingerprint density at radius 2 is 2.28 bits per heavy atom. The molecule has 130 valence electrons. The van der Waals surface area contributed by atoms with Gasteiger partial charge < -0.3 is 10.6 Å². The van der Waals surface area contributed by atoms with Crippen molar-refractivity contribution >= 4 is 23.2 Å². The number of nitrogens with one attached hydrogen (secondary N) is 2. The van der Waals surface area contributed by atoms with Gasteiger partial charge in [-0.2, -0.15) is 5.10 Å². The first-order chi connectivity index (χ1) is 11.9. The zero-order valence-electron chi connectivity index (χ0n) is 12.9. The number of rotatable bonds is 6. The van der Waals surface area contributed by atoms with E-state index in [1.807, 2.05) is 0 Å². The fourth-order valence-corrected chi connectivity index (χ4v) is 2.68. The lowest BCUT2D eigenvalue weighted by molar-refractivity contribution is -0.385. The van der Waals surface area contributed by atoms with Crippen LogP contribution in [0.2, 0.25) is 0 Å². The van der Waals surface area contributed by atoms with Gasteiger partial charge in [0.05, 0.1) is 10.8 Å². The number of nitrogens with zero attached hydrogens (tertiary/aromatic N) is 3. The number of hydrogen-bond donors (Lipinski definition) is 2. The summed E-state index contributed by atoms with van der Waals surface area (Å²) in [6.45, 7) is 0.0339. The van der Waals surface area contributed by atoms with Crippen LogP contribution in [0.4, 0.5) is 15.8 Å². The molecule has 0 saturated heterocycles. The number of carbonyl (C=O) groups excluding carboxylic acids is 2. The maximum atomic E-state index is 13.3. The summed E-state index contributed by atoms with van der Waals surface area (Å²) in [5.41, 5.74) is 0.947. The number of carbonyl (C=O) groups is 2. The summed E-state index contributed by atoms with van der Waals surface area (Å²) in [7, 11) is 0. The molecular formula is C15H14FN5O4. The first-order valence-corrected chi connectivity index (χ1v) is 7.48. The minimum Gasteiger partial charge on any atom is -0.354 e. The van der Waals surface area contributed by atoms with Gasteiger partial charge in [0.2, 0.25) is 11.8 Å². The molecule has 2 amide bonds. The number of hydrogen-bond acceptors (Lipinski definition) is 5. The minimum absolute atomic E-state index is 0.171. The molecule has 9 nitrogen and oxygen atoms in total. The summed E-state index contributed by atoms with van der Waals surface area (Å²) in [4.78, 5) is 33.8. The Kier molecular flexibility index (Phi) is 4.42. The molecule has 1 aliphatic rings. The van der Waals surface area contributed by atoms with Gasteiger partial charge in [0, 0.05) is 12.2 Å². The van der Waals surface area contributed by atoms with Crippen molar-refractivity contribution in [3.8, 4) is 0 Å². The summed E-state index contributed by atoms with van der Waals surface area (Å²) >= 11 is 0. The van der Waals surface area contributed by atoms with Crippen molar-refractivity contribution in [2.75, 3.05) is 11.9 Å². The number of aromatic nitrogens is 2. The SMILES string of the molecule is O=C(Cn1cc([N+](=O)[O-])cn1)NCCC1C(=O)Nc2ccc(F)cc21. The van der Waals surface area contributed by atoms with Crippen molar-refractivity contribution in [1.29, 1.82) is 0 Å². The van der Waals surface area contributed by atoms with E-state index >= 15 is 0 Å². The number of anilines is 1. The number of benzene rings is 1. The summed E-state index contributed by atoms with van der Waals surface area (Å²) in [6.07, 6.45) is 2.53. The molecule has 0 radical (unpaired) electrons. The van der Waals surface area contributed by atoms with E-state index in [1.54, 1.807) is 0 Å². The molecule has 1 aliphatic heterocycles. The van der Waals surface area contributed by atoms with Gasteiger partial charge in [-0.3, -0.25) is 24.4 Å². The second-order valence-electron chi connectivity index (χ2n) is 5.57. The molecule has 10 heteroatoms. The zero-order chi connectivity index (χ0) is 18.0. The number of amides is 2. The van der Waals surface area contributed by atoms with Crippen LogP contribution in [-0.2, 0) is 16.1 Å². The quantitative estimate of drug-likeness (QED) is 0.600. The zero-order valence-corrected chi connectivity index (χ0v) is 12.9. The van der Waals surface area contributed by atoms with Crippen molar-refractivity contribution in [2.45, 2.75) is 18.9 Å². The van der Waals surface area contributed by atoms with Gasteiger partial charge in [0.25, 0.3) is 0 Å². The van der Waals surface area contributed by atoms with E-state index in [2.05, 4.69) is 15.7 Å². The highest BCUT2D eigenvalue weighted by atomic mass is 19.1. The van der Waals surface area contributed by atoms with Crippen molar-refractivity contribution in [3.05, 3.63) is 52.1 Å². The van der Waals surface area contributed by atoms with Gasteiger partial charge in [-0.05, 0) is 30.2 Å². The molecule has 3 rings (SSSR count). The highest BCUT2D eigenvalue weighted by Crippen LogP contribution is 2.34. The third-order valence-electron chi connectivity index (χ3n) is 3.85. The Hall–Kier alpha value is -3.30.